The Kier molecular flexibility index (Phi) is 3.74. The Morgan fingerprint density at radius 2 is 2.04 bits per heavy atom. The minimum absolute atomic E-state index is 0.183. The van der Waals surface area contributed by atoms with E-state index in [0.717, 1.165) is 28.8 Å². The van der Waals surface area contributed by atoms with Crippen LogP contribution in [0.2, 0.25) is 0 Å². The molecule has 1 N–H and O–H groups in total. The zero-order valence-electron chi connectivity index (χ0n) is 13.5. The molecule has 0 unspecified atom stereocenters. The molecule has 0 amide bonds. The number of benzene rings is 1. The van der Waals surface area contributed by atoms with Crippen molar-refractivity contribution in [3.8, 4) is 28.5 Å². The summed E-state index contributed by atoms with van der Waals surface area (Å²) in [6.07, 6.45) is 7.65. The summed E-state index contributed by atoms with van der Waals surface area (Å²) in [7, 11) is 0. The number of imidazole rings is 1. The Bertz CT molecular complexity index is 1060. The maximum atomic E-state index is 11.7. The number of nitrogens with one attached hydrogen (secondary N) is 1. The summed E-state index contributed by atoms with van der Waals surface area (Å²) in [5.41, 5.74) is 3.35. The first-order chi connectivity index (χ1) is 12.3. The molecule has 0 saturated heterocycles. The van der Waals surface area contributed by atoms with Crippen LogP contribution in [0.5, 0.6) is 0 Å². The Hall–Kier alpha value is -3.48. The maximum absolute atomic E-state index is 11.7. The van der Waals surface area contributed by atoms with Crippen molar-refractivity contribution >= 4 is 0 Å². The predicted octanol–water partition coefficient (Wildman–Crippen LogP) is 2.84. The lowest BCUT2D eigenvalue weighted by Gasteiger charge is -2.02. The van der Waals surface area contributed by atoms with Crippen LogP contribution >= 0.6 is 0 Å². The minimum atomic E-state index is -0.183. The van der Waals surface area contributed by atoms with Crippen molar-refractivity contribution < 1.29 is 4.52 Å². The van der Waals surface area contributed by atoms with E-state index < -0.39 is 0 Å². The molecular weight excluding hydrogens is 318 g/mol. The summed E-state index contributed by atoms with van der Waals surface area (Å²) >= 11 is 0. The fraction of sp³-hybridized carbons (Fsp3) is 0.111. The third-order valence-corrected chi connectivity index (χ3v) is 3.99. The fourth-order valence-electron chi connectivity index (χ4n) is 2.67. The van der Waals surface area contributed by atoms with Gasteiger partial charge in [-0.15, -0.1) is 0 Å². The molecule has 7 nitrogen and oxygen atoms in total. The molecule has 0 bridgehead atoms. The molecule has 7 heteroatoms. The third-order valence-electron chi connectivity index (χ3n) is 3.99. The molecule has 0 aliphatic heterocycles. The Labute approximate surface area is 143 Å². The summed E-state index contributed by atoms with van der Waals surface area (Å²) < 4.78 is 6.92. The molecule has 0 atom stereocenters. The number of hydrogen-bond donors (Lipinski definition) is 1. The zero-order chi connectivity index (χ0) is 17.2. The smallest absolute Gasteiger partial charge is 0.330 e. The van der Waals surface area contributed by atoms with Gasteiger partial charge in [-0.3, -0.25) is 9.55 Å². The SMILES string of the molecule is CCc1cnccc1-c1noc(-c2ccc(-n3cc[nH]c3=O)cc2)n1. The van der Waals surface area contributed by atoms with Gasteiger partial charge in [0.15, 0.2) is 0 Å². The van der Waals surface area contributed by atoms with Crippen molar-refractivity contribution in [2.45, 2.75) is 13.3 Å². The van der Waals surface area contributed by atoms with Gasteiger partial charge in [-0.05, 0) is 42.3 Å². The quantitative estimate of drug-likeness (QED) is 0.620. The van der Waals surface area contributed by atoms with Crippen molar-refractivity contribution in [2.24, 2.45) is 0 Å². The van der Waals surface area contributed by atoms with Crippen molar-refractivity contribution in [1.29, 1.82) is 0 Å². The van der Waals surface area contributed by atoms with Crippen LogP contribution < -0.4 is 5.69 Å². The van der Waals surface area contributed by atoms with E-state index in [1.54, 1.807) is 18.6 Å². The van der Waals surface area contributed by atoms with E-state index in [4.69, 9.17) is 4.52 Å². The van der Waals surface area contributed by atoms with E-state index in [1.165, 1.54) is 4.57 Å². The van der Waals surface area contributed by atoms with E-state index >= 15 is 0 Å². The first-order valence-electron chi connectivity index (χ1n) is 7.90. The van der Waals surface area contributed by atoms with Crippen LogP contribution in [0.1, 0.15) is 12.5 Å². The van der Waals surface area contributed by atoms with Crippen LogP contribution in [-0.2, 0) is 6.42 Å². The van der Waals surface area contributed by atoms with E-state index in [9.17, 15) is 4.79 Å². The van der Waals surface area contributed by atoms with Crippen LogP contribution in [0, 0.1) is 0 Å². The third kappa shape index (κ3) is 2.76. The van der Waals surface area contributed by atoms with Crippen molar-refractivity contribution in [3.63, 3.8) is 0 Å². The molecule has 0 radical (unpaired) electrons. The number of aromatic amines is 1. The van der Waals surface area contributed by atoms with Crippen molar-refractivity contribution in [2.75, 3.05) is 0 Å². The van der Waals surface area contributed by atoms with Crippen LogP contribution in [-0.4, -0.2) is 24.7 Å². The van der Waals surface area contributed by atoms with Gasteiger partial charge in [0.05, 0.1) is 5.69 Å². The second-order valence-electron chi connectivity index (χ2n) is 5.49. The van der Waals surface area contributed by atoms with Gasteiger partial charge in [-0.2, -0.15) is 4.98 Å². The second kappa shape index (κ2) is 6.20. The molecule has 1 aromatic carbocycles. The molecule has 0 fully saturated rings. The van der Waals surface area contributed by atoms with Gasteiger partial charge in [0.2, 0.25) is 5.82 Å². The topological polar surface area (TPSA) is 89.6 Å². The summed E-state index contributed by atoms with van der Waals surface area (Å²) in [6, 6.07) is 9.24. The number of aromatic nitrogens is 5. The van der Waals surface area contributed by atoms with Crippen molar-refractivity contribution in [3.05, 3.63) is 71.2 Å². The minimum Gasteiger partial charge on any atom is -0.334 e. The molecule has 0 aliphatic rings. The van der Waals surface area contributed by atoms with Gasteiger partial charge in [0.1, 0.15) is 0 Å². The normalized spacial score (nSPS) is 10.9. The van der Waals surface area contributed by atoms with Crippen LogP contribution in [0.25, 0.3) is 28.5 Å². The van der Waals surface area contributed by atoms with E-state index in [2.05, 4.69) is 27.0 Å². The molecule has 3 heterocycles. The molecule has 3 aromatic heterocycles. The van der Waals surface area contributed by atoms with Crippen LogP contribution in [0.3, 0.4) is 0 Å². The lowest BCUT2D eigenvalue weighted by atomic mass is 10.1. The number of rotatable bonds is 4. The highest BCUT2D eigenvalue weighted by molar-refractivity contribution is 5.63. The number of pyridine rings is 1. The Morgan fingerprint density at radius 1 is 1.20 bits per heavy atom. The average molecular weight is 333 g/mol. The number of hydrogen-bond acceptors (Lipinski definition) is 5. The largest absolute Gasteiger partial charge is 0.334 e. The summed E-state index contributed by atoms with van der Waals surface area (Å²) in [6.45, 7) is 2.06. The summed E-state index contributed by atoms with van der Waals surface area (Å²) in [5, 5.41) is 4.08. The highest BCUT2D eigenvalue weighted by Gasteiger charge is 2.13. The zero-order valence-corrected chi connectivity index (χ0v) is 13.5. The first kappa shape index (κ1) is 15.1. The van der Waals surface area contributed by atoms with Crippen molar-refractivity contribution in [1.82, 2.24) is 24.7 Å². The van der Waals surface area contributed by atoms with Gasteiger partial charge in [-0.25, -0.2) is 4.79 Å². The molecular formula is C18H15N5O2. The molecule has 25 heavy (non-hydrogen) atoms. The van der Waals surface area contributed by atoms with E-state index in [1.807, 2.05) is 36.5 Å². The van der Waals surface area contributed by atoms with Crippen LogP contribution in [0.4, 0.5) is 0 Å². The monoisotopic (exact) mass is 333 g/mol. The Balaban J connectivity index is 1.66. The second-order valence-corrected chi connectivity index (χ2v) is 5.49. The molecule has 0 saturated carbocycles. The highest BCUT2D eigenvalue weighted by Crippen LogP contribution is 2.25. The van der Waals surface area contributed by atoms with E-state index in [0.29, 0.717) is 11.7 Å². The molecule has 0 spiro atoms. The number of aryl methyl sites for hydroxylation is 1. The maximum Gasteiger partial charge on any atom is 0.330 e. The number of H-pyrrole nitrogens is 1. The average Bonchev–Trinajstić information content (AvgIpc) is 3.31. The van der Waals surface area contributed by atoms with Gasteiger partial charge in [0.25, 0.3) is 5.89 Å². The summed E-state index contributed by atoms with van der Waals surface area (Å²) in [5.74, 6) is 0.974. The van der Waals surface area contributed by atoms with Gasteiger partial charge in [-0.1, -0.05) is 12.1 Å². The lowest BCUT2D eigenvalue weighted by molar-refractivity contribution is 0.432. The number of nitrogens with zero attached hydrogens (tertiary/aromatic N) is 4. The molecule has 124 valence electrons. The lowest BCUT2D eigenvalue weighted by Crippen LogP contribution is -2.13. The molecule has 0 aliphatic carbocycles. The molecule has 4 rings (SSSR count). The Morgan fingerprint density at radius 3 is 2.76 bits per heavy atom. The van der Waals surface area contributed by atoms with Gasteiger partial charge < -0.3 is 9.51 Å². The predicted molar refractivity (Wildman–Crippen MR) is 92.3 cm³/mol. The van der Waals surface area contributed by atoms with Gasteiger partial charge >= 0.3 is 5.69 Å². The van der Waals surface area contributed by atoms with E-state index in [-0.39, 0.29) is 5.69 Å². The summed E-state index contributed by atoms with van der Waals surface area (Å²) in [4.78, 5) is 22.9. The fourth-order valence-corrected chi connectivity index (χ4v) is 2.67. The standard InChI is InChI=1S/C18H15N5O2/c1-2-12-11-19-8-7-15(12)16-21-17(25-22-16)13-3-5-14(6-4-13)23-10-9-20-18(23)24/h3-11H,2H2,1H3,(H,20,24). The van der Waals surface area contributed by atoms with Gasteiger partial charge in [0, 0.05) is 35.9 Å². The highest BCUT2D eigenvalue weighted by atomic mass is 16.5. The molecule has 4 aromatic rings. The first-order valence-corrected chi connectivity index (χ1v) is 7.90. The van der Waals surface area contributed by atoms with Crippen LogP contribution in [0.15, 0.2) is 64.4 Å².